The van der Waals surface area contributed by atoms with Gasteiger partial charge in [0.25, 0.3) is 0 Å². The molecule has 0 fully saturated rings. The van der Waals surface area contributed by atoms with E-state index in [1.807, 2.05) is 13.8 Å². The maximum Gasteiger partial charge on any atom is 0.245 e. The van der Waals surface area contributed by atoms with Gasteiger partial charge in [0.2, 0.25) is 15.9 Å². The monoisotopic (exact) mass is 440 g/mol. The number of benzene rings is 2. The number of rotatable bonds is 7. The van der Waals surface area contributed by atoms with Gasteiger partial charge in [-0.15, -0.1) is 0 Å². The van der Waals surface area contributed by atoms with Crippen molar-refractivity contribution < 1.29 is 17.9 Å². The van der Waals surface area contributed by atoms with E-state index in [-0.39, 0.29) is 12.6 Å². The van der Waals surface area contributed by atoms with Crippen LogP contribution in [0.1, 0.15) is 13.8 Å². The molecule has 0 aromatic heterocycles. The predicted octanol–water partition coefficient (Wildman–Crippen LogP) is 3.64. The molecule has 0 aliphatic rings. The largest absolute Gasteiger partial charge is 0.491 e. The second kappa shape index (κ2) is 8.55. The van der Waals surface area contributed by atoms with Gasteiger partial charge in [0.1, 0.15) is 12.3 Å². The summed E-state index contributed by atoms with van der Waals surface area (Å²) < 4.78 is 31.5. The quantitative estimate of drug-likeness (QED) is 0.712. The summed E-state index contributed by atoms with van der Waals surface area (Å²) in [4.78, 5) is 12.4. The molecule has 2 aromatic carbocycles. The molecule has 2 aromatic rings. The Morgan fingerprint density at radius 2 is 1.88 bits per heavy atom. The Bertz CT molecular complexity index is 884. The summed E-state index contributed by atoms with van der Waals surface area (Å²) in [5.74, 6) is 0.177. The maximum atomic E-state index is 12.4. The Morgan fingerprint density at radius 1 is 1.19 bits per heavy atom. The molecule has 1 amide bonds. The molecule has 2 rings (SSSR count). The van der Waals surface area contributed by atoms with Crippen molar-refractivity contribution in [2.45, 2.75) is 20.0 Å². The zero-order valence-electron chi connectivity index (χ0n) is 14.8. The number of anilines is 2. The molecule has 0 heterocycles. The Labute approximate surface area is 162 Å². The lowest BCUT2D eigenvalue weighted by molar-refractivity contribution is -0.114. The van der Waals surface area contributed by atoms with Crippen LogP contribution in [0.15, 0.2) is 53.0 Å². The van der Waals surface area contributed by atoms with Crippen molar-refractivity contribution in [3.05, 3.63) is 53.0 Å². The van der Waals surface area contributed by atoms with Gasteiger partial charge in [-0.3, -0.25) is 9.10 Å². The molecule has 0 spiro atoms. The smallest absolute Gasteiger partial charge is 0.245 e. The van der Waals surface area contributed by atoms with Gasteiger partial charge in [0, 0.05) is 16.2 Å². The number of sulfonamides is 1. The summed E-state index contributed by atoms with van der Waals surface area (Å²) in [6.45, 7) is 3.48. The summed E-state index contributed by atoms with van der Waals surface area (Å²) in [7, 11) is -3.63. The summed E-state index contributed by atoms with van der Waals surface area (Å²) in [6, 6.07) is 13.8. The number of nitrogens with zero attached hydrogens (tertiary/aromatic N) is 1. The molecule has 0 atom stereocenters. The Kier molecular flexibility index (Phi) is 6.66. The van der Waals surface area contributed by atoms with E-state index in [1.54, 1.807) is 48.5 Å². The van der Waals surface area contributed by atoms with Gasteiger partial charge in [0.15, 0.2) is 0 Å². The first-order chi connectivity index (χ1) is 12.2. The van der Waals surface area contributed by atoms with Crippen molar-refractivity contribution in [3.63, 3.8) is 0 Å². The van der Waals surface area contributed by atoms with Crippen molar-refractivity contribution in [2.75, 3.05) is 22.4 Å². The van der Waals surface area contributed by atoms with Gasteiger partial charge in [-0.1, -0.05) is 18.2 Å². The Balaban J connectivity index is 2.17. The van der Waals surface area contributed by atoms with Gasteiger partial charge >= 0.3 is 0 Å². The summed E-state index contributed by atoms with van der Waals surface area (Å²) in [5.41, 5.74) is 0.941. The predicted molar refractivity (Wildman–Crippen MR) is 107 cm³/mol. The van der Waals surface area contributed by atoms with Gasteiger partial charge in [-0.05, 0) is 54.0 Å². The molecule has 0 bridgehead atoms. The molecule has 140 valence electrons. The normalized spacial score (nSPS) is 11.3. The third kappa shape index (κ3) is 5.74. The van der Waals surface area contributed by atoms with Crippen LogP contribution in [-0.2, 0) is 14.8 Å². The zero-order chi connectivity index (χ0) is 19.3. The Morgan fingerprint density at radius 3 is 2.50 bits per heavy atom. The molecule has 0 saturated carbocycles. The van der Waals surface area contributed by atoms with Crippen molar-refractivity contribution in [2.24, 2.45) is 0 Å². The summed E-state index contributed by atoms with van der Waals surface area (Å²) in [5, 5.41) is 2.71. The number of hydrogen-bond donors (Lipinski definition) is 1. The van der Waals surface area contributed by atoms with E-state index < -0.39 is 15.9 Å². The lowest BCUT2D eigenvalue weighted by atomic mass is 10.3. The lowest BCUT2D eigenvalue weighted by Crippen LogP contribution is -2.37. The van der Waals surface area contributed by atoms with E-state index in [1.165, 1.54) is 0 Å². The van der Waals surface area contributed by atoms with Crippen LogP contribution >= 0.6 is 15.9 Å². The zero-order valence-corrected chi connectivity index (χ0v) is 17.2. The molecule has 0 saturated heterocycles. The summed E-state index contributed by atoms with van der Waals surface area (Å²) >= 11 is 3.32. The standard InChI is InChI=1S/C18H21BrN2O4S/c1-13(2)25-15-8-6-7-14(11-15)20-18(22)12-21(26(3,23)24)17-10-5-4-9-16(17)19/h4-11,13H,12H2,1-3H3,(H,20,22). The molecular weight excluding hydrogens is 420 g/mol. The van der Waals surface area contributed by atoms with Crippen molar-refractivity contribution >= 4 is 43.2 Å². The maximum absolute atomic E-state index is 12.4. The van der Waals surface area contributed by atoms with Crippen LogP contribution in [0.3, 0.4) is 0 Å². The van der Waals surface area contributed by atoms with Crippen LogP contribution in [0.5, 0.6) is 5.75 Å². The summed E-state index contributed by atoms with van der Waals surface area (Å²) in [6.07, 6.45) is 1.08. The molecule has 0 unspecified atom stereocenters. The molecule has 0 aliphatic carbocycles. The highest BCUT2D eigenvalue weighted by molar-refractivity contribution is 9.10. The second-order valence-corrected chi connectivity index (χ2v) is 8.72. The fourth-order valence-corrected chi connectivity index (χ4v) is 3.77. The molecule has 8 heteroatoms. The molecule has 1 N–H and O–H groups in total. The van der Waals surface area contributed by atoms with E-state index in [9.17, 15) is 13.2 Å². The number of halogens is 1. The van der Waals surface area contributed by atoms with Crippen LogP contribution in [0.2, 0.25) is 0 Å². The van der Waals surface area contributed by atoms with E-state index in [0.717, 1.165) is 10.6 Å². The van der Waals surface area contributed by atoms with E-state index in [2.05, 4.69) is 21.2 Å². The third-order valence-corrected chi connectivity index (χ3v) is 5.10. The van der Waals surface area contributed by atoms with E-state index in [4.69, 9.17) is 4.74 Å². The first-order valence-electron chi connectivity index (χ1n) is 7.95. The molecule has 6 nitrogen and oxygen atoms in total. The average Bonchev–Trinajstić information content (AvgIpc) is 2.52. The van der Waals surface area contributed by atoms with Gasteiger partial charge in [-0.2, -0.15) is 0 Å². The third-order valence-electron chi connectivity index (χ3n) is 3.30. The minimum atomic E-state index is -3.63. The topological polar surface area (TPSA) is 75.7 Å². The number of carbonyl (C=O) groups excluding carboxylic acids is 1. The van der Waals surface area contributed by atoms with Crippen LogP contribution in [0.4, 0.5) is 11.4 Å². The van der Waals surface area contributed by atoms with Gasteiger partial charge in [0.05, 0.1) is 18.0 Å². The number of nitrogens with one attached hydrogen (secondary N) is 1. The number of para-hydroxylation sites is 1. The van der Waals surface area contributed by atoms with E-state index in [0.29, 0.717) is 21.6 Å². The number of ether oxygens (including phenoxy) is 1. The fourth-order valence-electron chi connectivity index (χ4n) is 2.29. The first kappa shape index (κ1) is 20.3. The van der Waals surface area contributed by atoms with Crippen molar-refractivity contribution in [3.8, 4) is 5.75 Å². The van der Waals surface area contributed by atoms with Crippen LogP contribution in [0, 0.1) is 0 Å². The second-order valence-electron chi connectivity index (χ2n) is 5.96. The number of carbonyl (C=O) groups is 1. The SMILES string of the molecule is CC(C)Oc1cccc(NC(=O)CN(c2ccccc2Br)S(C)(=O)=O)c1. The van der Waals surface area contributed by atoms with Crippen LogP contribution in [-0.4, -0.2) is 33.2 Å². The first-order valence-corrected chi connectivity index (χ1v) is 10.6. The molecule has 26 heavy (non-hydrogen) atoms. The van der Waals surface area contributed by atoms with E-state index >= 15 is 0 Å². The minimum Gasteiger partial charge on any atom is -0.491 e. The van der Waals surface area contributed by atoms with Crippen molar-refractivity contribution in [1.29, 1.82) is 0 Å². The minimum absolute atomic E-state index is 0.0112. The highest BCUT2D eigenvalue weighted by Crippen LogP contribution is 2.27. The molecule has 0 aliphatic heterocycles. The van der Waals surface area contributed by atoms with Crippen LogP contribution in [0.25, 0.3) is 0 Å². The van der Waals surface area contributed by atoms with Gasteiger partial charge < -0.3 is 10.1 Å². The fraction of sp³-hybridized carbons (Fsp3) is 0.278. The highest BCUT2D eigenvalue weighted by atomic mass is 79.9. The Hall–Kier alpha value is -2.06. The lowest BCUT2D eigenvalue weighted by Gasteiger charge is -2.23. The average molecular weight is 441 g/mol. The highest BCUT2D eigenvalue weighted by Gasteiger charge is 2.22. The van der Waals surface area contributed by atoms with Crippen LogP contribution < -0.4 is 14.4 Å². The number of amides is 1. The molecule has 0 radical (unpaired) electrons. The van der Waals surface area contributed by atoms with Crippen molar-refractivity contribution in [1.82, 2.24) is 0 Å². The number of hydrogen-bond acceptors (Lipinski definition) is 4. The molecular formula is C18H21BrN2O4S. The van der Waals surface area contributed by atoms with Gasteiger partial charge in [-0.25, -0.2) is 8.42 Å².